The smallest absolute Gasteiger partial charge is 0.303 e. The van der Waals surface area contributed by atoms with Crippen molar-refractivity contribution >= 4 is 11.9 Å². The average Bonchev–Trinajstić information content (AvgIpc) is 2.68. The van der Waals surface area contributed by atoms with E-state index in [1.165, 1.54) is 0 Å². The maximum absolute atomic E-state index is 11.4. The molecule has 0 aromatic carbocycles. The van der Waals surface area contributed by atoms with Crippen LogP contribution in [0.1, 0.15) is 33.1 Å². The molecule has 0 heterocycles. The van der Waals surface area contributed by atoms with Crippen molar-refractivity contribution in [1.82, 2.24) is 5.32 Å². The van der Waals surface area contributed by atoms with Gasteiger partial charge in [-0.1, -0.05) is 13.8 Å². The van der Waals surface area contributed by atoms with Gasteiger partial charge in [-0.2, -0.15) is 0 Å². The van der Waals surface area contributed by atoms with Crippen LogP contribution in [0.4, 0.5) is 0 Å². The number of carboxylic acids is 1. The lowest BCUT2D eigenvalue weighted by atomic mass is 10.1. The third kappa shape index (κ3) is 3.01. The first-order chi connectivity index (χ1) is 6.43. The predicted molar refractivity (Wildman–Crippen MR) is 51.8 cm³/mol. The van der Waals surface area contributed by atoms with Crippen LogP contribution in [-0.2, 0) is 9.59 Å². The Labute approximate surface area is 83.7 Å². The third-order valence-corrected chi connectivity index (χ3v) is 2.70. The lowest BCUT2D eigenvalue weighted by Crippen LogP contribution is -2.27. The number of hydrogen-bond donors (Lipinski definition) is 2. The Morgan fingerprint density at radius 3 is 2.50 bits per heavy atom. The summed E-state index contributed by atoms with van der Waals surface area (Å²) in [5.74, 6) is -0.612. The summed E-state index contributed by atoms with van der Waals surface area (Å²) in [7, 11) is 0. The zero-order valence-electron chi connectivity index (χ0n) is 8.67. The quantitative estimate of drug-likeness (QED) is 0.649. The van der Waals surface area contributed by atoms with E-state index in [0.29, 0.717) is 13.0 Å². The molecule has 1 unspecified atom stereocenters. The fourth-order valence-electron chi connectivity index (χ4n) is 1.49. The van der Waals surface area contributed by atoms with Crippen molar-refractivity contribution in [3.63, 3.8) is 0 Å². The number of carboxylic acid groups (broad SMARTS) is 1. The van der Waals surface area contributed by atoms with Gasteiger partial charge in [0.1, 0.15) is 0 Å². The topological polar surface area (TPSA) is 66.4 Å². The fraction of sp³-hybridized carbons (Fsp3) is 0.800. The molecule has 1 rings (SSSR count). The van der Waals surface area contributed by atoms with Crippen molar-refractivity contribution in [3.8, 4) is 0 Å². The van der Waals surface area contributed by atoms with E-state index in [2.05, 4.69) is 19.2 Å². The molecule has 0 radical (unpaired) electrons. The van der Waals surface area contributed by atoms with Gasteiger partial charge in [0.25, 0.3) is 0 Å². The van der Waals surface area contributed by atoms with E-state index in [1.54, 1.807) is 0 Å². The molecule has 4 nitrogen and oxygen atoms in total. The van der Waals surface area contributed by atoms with E-state index < -0.39 is 5.97 Å². The summed E-state index contributed by atoms with van der Waals surface area (Å²) in [6, 6.07) is 0. The standard InChI is InChI=1S/C10H17NO3/c1-10(2)6-7(10)9(14)11-5-3-4-8(12)13/h7H,3-6H2,1-2H3,(H,11,14)(H,12,13). The second-order valence-corrected chi connectivity index (χ2v) is 4.53. The molecule has 1 atom stereocenters. The molecule has 0 aromatic heterocycles. The van der Waals surface area contributed by atoms with Crippen LogP contribution in [0, 0.1) is 11.3 Å². The van der Waals surface area contributed by atoms with Crippen LogP contribution in [0.2, 0.25) is 0 Å². The Morgan fingerprint density at radius 1 is 1.50 bits per heavy atom. The van der Waals surface area contributed by atoms with E-state index in [0.717, 1.165) is 6.42 Å². The maximum Gasteiger partial charge on any atom is 0.303 e. The van der Waals surface area contributed by atoms with Crippen molar-refractivity contribution < 1.29 is 14.7 Å². The van der Waals surface area contributed by atoms with Crippen LogP contribution in [0.15, 0.2) is 0 Å². The largest absolute Gasteiger partial charge is 0.481 e. The van der Waals surface area contributed by atoms with E-state index >= 15 is 0 Å². The third-order valence-electron chi connectivity index (χ3n) is 2.70. The Balaban J connectivity index is 2.08. The predicted octanol–water partition coefficient (Wildman–Crippen LogP) is 1.01. The highest BCUT2D eigenvalue weighted by molar-refractivity contribution is 5.82. The van der Waals surface area contributed by atoms with E-state index in [4.69, 9.17) is 5.11 Å². The molecule has 14 heavy (non-hydrogen) atoms. The van der Waals surface area contributed by atoms with Gasteiger partial charge in [0.15, 0.2) is 0 Å². The minimum absolute atomic E-state index is 0.0698. The zero-order valence-corrected chi connectivity index (χ0v) is 8.67. The van der Waals surface area contributed by atoms with Gasteiger partial charge in [-0.3, -0.25) is 9.59 Å². The number of nitrogens with one attached hydrogen (secondary N) is 1. The monoisotopic (exact) mass is 199 g/mol. The lowest BCUT2D eigenvalue weighted by Gasteiger charge is -2.05. The Morgan fingerprint density at radius 2 is 2.07 bits per heavy atom. The number of hydrogen-bond acceptors (Lipinski definition) is 2. The maximum atomic E-state index is 11.4. The molecule has 0 aromatic rings. The number of aliphatic carboxylic acids is 1. The van der Waals surface area contributed by atoms with Crippen molar-refractivity contribution in [2.24, 2.45) is 11.3 Å². The Hall–Kier alpha value is -1.06. The number of rotatable bonds is 5. The van der Waals surface area contributed by atoms with E-state index in [1.807, 2.05) is 0 Å². The first-order valence-corrected chi connectivity index (χ1v) is 4.93. The fourth-order valence-corrected chi connectivity index (χ4v) is 1.49. The van der Waals surface area contributed by atoms with E-state index in [9.17, 15) is 9.59 Å². The molecule has 4 heteroatoms. The highest BCUT2D eigenvalue weighted by atomic mass is 16.4. The molecule has 1 saturated carbocycles. The molecule has 0 saturated heterocycles. The number of carbonyl (C=O) groups is 2. The van der Waals surface area contributed by atoms with Crippen LogP contribution in [0.25, 0.3) is 0 Å². The second-order valence-electron chi connectivity index (χ2n) is 4.53. The molecule has 80 valence electrons. The summed E-state index contributed by atoms with van der Waals surface area (Å²) >= 11 is 0. The Kier molecular flexibility index (Phi) is 3.13. The molecular weight excluding hydrogens is 182 g/mol. The first kappa shape index (κ1) is 11.0. The molecular formula is C10H17NO3. The SMILES string of the molecule is CC1(C)CC1C(=O)NCCCC(=O)O. The van der Waals surface area contributed by atoms with Gasteiger partial charge in [-0.05, 0) is 18.3 Å². The highest BCUT2D eigenvalue weighted by Gasteiger charge is 2.50. The highest BCUT2D eigenvalue weighted by Crippen LogP contribution is 2.51. The van der Waals surface area contributed by atoms with Crippen molar-refractivity contribution in [2.75, 3.05) is 6.54 Å². The minimum Gasteiger partial charge on any atom is -0.481 e. The number of amides is 1. The summed E-state index contributed by atoms with van der Waals surface area (Å²) in [4.78, 5) is 21.6. The van der Waals surface area contributed by atoms with Crippen LogP contribution < -0.4 is 5.32 Å². The first-order valence-electron chi connectivity index (χ1n) is 4.93. The minimum atomic E-state index is -0.814. The van der Waals surface area contributed by atoms with Crippen LogP contribution in [0.3, 0.4) is 0 Å². The lowest BCUT2D eigenvalue weighted by molar-refractivity contribution is -0.137. The molecule has 0 aliphatic heterocycles. The summed E-state index contributed by atoms with van der Waals surface area (Å²) in [6.07, 6.45) is 1.57. The number of carbonyl (C=O) groups excluding carboxylic acids is 1. The van der Waals surface area contributed by atoms with Gasteiger partial charge in [-0.15, -0.1) is 0 Å². The average molecular weight is 199 g/mol. The molecule has 0 spiro atoms. The molecule has 2 N–H and O–H groups in total. The summed E-state index contributed by atoms with van der Waals surface area (Å²) in [5, 5.41) is 11.1. The van der Waals surface area contributed by atoms with Crippen LogP contribution >= 0.6 is 0 Å². The van der Waals surface area contributed by atoms with Crippen molar-refractivity contribution in [2.45, 2.75) is 33.1 Å². The Bertz CT molecular complexity index is 248. The summed E-state index contributed by atoms with van der Waals surface area (Å²) in [5.41, 5.74) is 0.150. The molecule has 1 fully saturated rings. The van der Waals surface area contributed by atoms with Gasteiger partial charge in [-0.25, -0.2) is 0 Å². The molecule has 1 aliphatic rings. The second kappa shape index (κ2) is 3.98. The zero-order chi connectivity index (χ0) is 10.8. The van der Waals surface area contributed by atoms with Gasteiger partial charge in [0, 0.05) is 18.9 Å². The summed E-state index contributed by atoms with van der Waals surface area (Å²) in [6.45, 7) is 4.60. The van der Waals surface area contributed by atoms with Crippen molar-refractivity contribution in [3.05, 3.63) is 0 Å². The van der Waals surface area contributed by atoms with Gasteiger partial charge < -0.3 is 10.4 Å². The van der Waals surface area contributed by atoms with Crippen LogP contribution in [-0.4, -0.2) is 23.5 Å². The van der Waals surface area contributed by atoms with Crippen molar-refractivity contribution in [1.29, 1.82) is 0 Å². The van der Waals surface area contributed by atoms with Gasteiger partial charge in [0.2, 0.25) is 5.91 Å². The van der Waals surface area contributed by atoms with E-state index in [-0.39, 0.29) is 23.7 Å². The van der Waals surface area contributed by atoms with Gasteiger partial charge in [0.05, 0.1) is 0 Å². The van der Waals surface area contributed by atoms with Crippen LogP contribution in [0.5, 0.6) is 0 Å². The normalized spacial score (nSPS) is 22.9. The summed E-state index contributed by atoms with van der Waals surface area (Å²) < 4.78 is 0. The molecule has 1 amide bonds. The molecule has 0 bridgehead atoms. The molecule has 1 aliphatic carbocycles. The van der Waals surface area contributed by atoms with Gasteiger partial charge >= 0.3 is 5.97 Å².